The second-order valence-corrected chi connectivity index (χ2v) is 5.47. The van der Waals surface area contributed by atoms with Gasteiger partial charge in [0.05, 0.1) is 0 Å². The zero-order chi connectivity index (χ0) is 11.9. The molecule has 0 aliphatic heterocycles. The van der Waals surface area contributed by atoms with Gasteiger partial charge in [0.1, 0.15) is 5.76 Å². The lowest BCUT2D eigenvalue weighted by molar-refractivity contribution is -0.119. The fourth-order valence-corrected chi connectivity index (χ4v) is 1.49. The molecule has 0 radical (unpaired) electrons. The van der Waals surface area contributed by atoms with E-state index in [1.165, 1.54) is 0 Å². The molecule has 1 fully saturated rings. The van der Waals surface area contributed by atoms with Gasteiger partial charge in [-0.05, 0) is 12.8 Å². The molecule has 0 aromatic carbocycles. The third-order valence-electron chi connectivity index (χ3n) is 2.84. The molecule has 16 heavy (non-hydrogen) atoms. The summed E-state index contributed by atoms with van der Waals surface area (Å²) in [7, 11) is 1.75. The number of carbonyl (C=O) groups is 1. The molecule has 1 amide bonds. The summed E-state index contributed by atoms with van der Waals surface area (Å²) in [5.74, 6) is 1.77. The second kappa shape index (κ2) is 3.61. The maximum absolute atomic E-state index is 11.8. The average Bonchev–Trinajstić information content (AvgIpc) is 2.91. The Balaban J connectivity index is 2.15. The highest BCUT2D eigenvalue weighted by atomic mass is 16.5. The fourth-order valence-electron chi connectivity index (χ4n) is 1.49. The van der Waals surface area contributed by atoms with E-state index in [0.29, 0.717) is 5.82 Å². The van der Waals surface area contributed by atoms with Gasteiger partial charge in [-0.2, -0.15) is 0 Å². The van der Waals surface area contributed by atoms with E-state index in [0.717, 1.165) is 18.6 Å². The first-order valence-corrected chi connectivity index (χ1v) is 5.64. The van der Waals surface area contributed by atoms with Gasteiger partial charge in [0.2, 0.25) is 5.91 Å². The van der Waals surface area contributed by atoms with Gasteiger partial charge in [0, 0.05) is 24.4 Å². The van der Waals surface area contributed by atoms with Crippen LogP contribution in [0, 0.1) is 5.92 Å². The van der Waals surface area contributed by atoms with Crippen molar-refractivity contribution in [3.8, 4) is 0 Å². The molecule has 0 N–H and O–H groups in total. The molecule has 2 rings (SSSR count). The number of carbonyl (C=O) groups excluding carboxylic acids is 1. The maximum Gasteiger partial charge on any atom is 0.231 e. The predicted octanol–water partition coefficient (Wildman–Crippen LogP) is 2.34. The number of rotatable bonds is 2. The van der Waals surface area contributed by atoms with Gasteiger partial charge in [0.25, 0.3) is 0 Å². The number of anilines is 1. The van der Waals surface area contributed by atoms with Gasteiger partial charge >= 0.3 is 0 Å². The van der Waals surface area contributed by atoms with Crippen molar-refractivity contribution in [2.45, 2.75) is 39.0 Å². The summed E-state index contributed by atoms with van der Waals surface area (Å²) in [6.45, 7) is 6.17. The molecule has 1 aliphatic rings. The Labute approximate surface area is 95.6 Å². The fraction of sp³-hybridized carbons (Fsp3) is 0.667. The van der Waals surface area contributed by atoms with E-state index < -0.39 is 0 Å². The molecule has 0 spiro atoms. The molecular formula is C12H18N2O2. The molecular weight excluding hydrogens is 204 g/mol. The number of hydrogen-bond acceptors (Lipinski definition) is 3. The van der Waals surface area contributed by atoms with E-state index in [-0.39, 0.29) is 17.2 Å². The van der Waals surface area contributed by atoms with Crippen LogP contribution >= 0.6 is 0 Å². The summed E-state index contributed by atoms with van der Waals surface area (Å²) in [6.07, 6.45) is 2.01. The third-order valence-corrected chi connectivity index (χ3v) is 2.84. The average molecular weight is 222 g/mol. The minimum atomic E-state index is -0.0747. The Morgan fingerprint density at radius 3 is 2.56 bits per heavy atom. The minimum Gasteiger partial charge on any atom is -0.359 e. The lowest BCUT2D eigenvalue weighted by atomic mass is 9.93. The van der Waals surface area contributed by atoms with Crippen molar-refractivity contribution in [2.24, 2.45) is 5.92 Å². The largest absolute Gasteiger partial charge is 0.359 e. The van der Waals surface area contributed by atoms with Crippen LogP contribution in [0.5, 0.6) is 0 Å². The van der Waals surface area contributed by atoms with Crippen molar-refractivity contribution >= 4 is 11.7 Å². The van der Waals surface area contributed by atoms with Gasteiger partial charge in [-0.3, -0.25) is 9.69 Å². The molecule has 4 nitrogen and oxygen atoms in total. The lowest BCUT2D eigenvalue weighted by Gasteiger charge is -2.13. The van der Waals surface area contributed by atoms with Crippen molar-refractivity contribution in [3.05, 3.63) is 11.8 Å². The van der Waals surface area contributed by atoms with Crippen LogP contribution in [0.2, 0.25) is 0 Å². The van der Waals surface area contributed by atoms with Crippen LogP contribution in [0.1, 0.15) is 39.4 Å². The highest BCUT2D eigenvalue weighted by molar-refractivity contribution is 5.95. The molecule has 1 aliphatic carbocycles. The van der Waals surface area contributed by atoms with Gasteiger partial charge < -0.3 is 4.52 Å². The summed E-state index contributed by atoms with van der Waals surface area (Å²) < 4.78 is 5.26. The van der Waals surface area contributed by atoms with E-state index in [1.54, 1.807) is 11.9 Å². The maximum atomic E-state index is 11.8. The first-order valence-electron chi connectivity index (χ1n) is 5.64. The third kappa shape index (κ3) is 2.10. The van der Waals surface area contributed by atoms with Crippen LogP contribution in [-0.2, 0) is 10.2 Å². The van der Waals surface area contributed by atoms with Crippen molar-refractivity contribution in [1.29, 1.82) is 0 Å². The van der Waals surface area contributed by atoms with Crippen LogP contribution in [0.3, 0.4) is 0 Å². The van der Waals surface area contributed by atoms with E-state index in [4.69, 9.17) is 4.52 Å². The van der Waals surface area contributed by atoms with Crippen LogP contribution in [-0.4, -0.2) is 18.1 Å². The van der Waals surface area contributed by atoms with Crippen molar-refractivity contribution in [3.63, 3.8) is 0 Å². The molecule has 88 valence electrons. The molecule has 4 heteroatoms. The Bertz CT molecular complexity index is 399. The first kappa shape index (κ1) is 11.2. The zero-order valence-electron chi connectivity index (χ0n) is 10.3. The topological polar surface area (TPSA) is 46.3 Å². The van der Waals surface area contributed by atoms with Crippen LogP contribution in [0.4, 0.5) is 5.82 Å². The molecule has 1 aromatic rings. The molecule has 1 heterocycles. The summed E-state index contributed by atoms with van der Waals surface area (Å²) in [6, 6.07) is 1.85. The molecule has 0 saturated heterocycles. The SMILES string of the molecule is CN(C(=O)C1CC1)c1cc(C(C)(C)C)on1. The van der Waals surface area contributed by atoms with Crippen LogP contribution in [0.25, 0.3) is 0 Å². The normalized spacial score (nSPS) is 16.2. The van der Waals surface area contributed by atoms with E-state index in [2.05, 4.69) is 25.9 Å². The van der Waals surface area contributed by atoms with Crippen molar-refractivity contribution in [2.75, 3.05) is 11.9 Å². The van der Waals surface area contributed by atoms with Gasteiger partial charge in [-0.1, -0.05) is 25.9 Å². The predicted molar refractivity (Wildman–Crippen MR) is 61.3 cm³/mol. The van der Waals surface area contributed by atoms with Crippen LogP contribution in [0.15, 0.2) is 10.6 Å². The molecule has 0 bridgehead atoms. The summed E-state index contributed by atoms with van der Waals surface area (Å²) in [4.78, 5) is 13.4. The summed E-state index contributed by atoms with van der Waals surface area (Å²) in [5.41, 5.74) is -0.0747. The number of aromatic nitrogens is 1. The quantitative estimate of drug-likeness (QED) is 0.771. The first-order chi connectivity index (χ1) is 7.39. The Morgan fingerprint density at radius 1 is 1.50 bits per heavy atom. The standard InChI is InChI=1S/C12H18N2O2/c1-12(2,3)9-7-10(13-16-9)14(4)11(15)8-5-6-8/h7-8H,5-6H2,1-4H3. The minimum absolute atomic E-state index is 0.0747. The Morgan fingerprint density at radius 2 is 2.12 bits per heavy atom. The highest BCUT2D eigenvalue weighted by Crippen LogP contribution is 2.33. The molecule has 0 unspecified atom stereocenters. The van der Waals surface area contributed by atoms with Gasteiger partial charge in [-0.25, -0.2) is 0 Å². The van der Waals surface area contributed by atoms with Gasteiger partial charge in [-0.15, -0.1) is 0 Å². The number of nitrogens with zero attached hydrogens (tertiary/aromatic N) is 2. The molecule has 1 aromatic heterocycles. The molecule has 1 saturated carbocycles. The van der Waals surface area contributed by atoms with E-state index >= 15 is 0 Å². The second-order valence-electron chi connectivity index (χ2n) is 5.47. The number of amides is 1. The Kier molecular flexibility index (Phi) is 2.52. The number of hydrogen-bond donors (Lipinski definition) is 0. The zero-order valence-corrected chi connectivity index (χ0v) is 10.3. The Hall–Kier alpha value is -1.32. The smallest absolute Gasteiger partial charge is 0.231 e. The summed E-state index contributed by atoms with van der Waals surface area (Å²) >= 11 is 0. The van der Waals surface area contributed by atoms with Crippen LogP contribution < -0.4 is 4.90 Å². The van der Waals surface area contributed by atoms with Crippen molar-refractivity contribution in [1.82, 2.24) is 5.16 Å². The monoisotopic (exact) mass is 222 g/mol. The van der Waals surface area contributed by atoms with Gasteiger partial charge in [0.15, 0.2) is 5.82 Å². The highest BCUT2D eigenvalue weighted by Gasteiger charge is 2.33. The molecule has 0 atom stereocenters. The summed E-state index contributed by atoms with van der Waals surface area (Å²) in [5, 5.41) is 3.94. The van der Waals surface area contributed by atoms with E-state index in [9.17, 15) is 4.79 Å². The lowest BCUT2D eigenvalue weighted by Crippen LogP contribution is -2.27. The van der Waals surface area contributed by atoms with Crippen molar-refractivity contribution < 1.29 is 9.32 Å². The van der Waals surface area contributed by atoms with E-state index in [1.807, 2.05) is 6.07 Å².